The molecular weight excluding hydrogens is 286 g/mol. The van der Waals surface area contributed by atoms with Gasteiger partial charge in [0, 0.05) is 4.88 Å². The Kier molecular flexibility index (Phi) is 6.07. The molecule has 0 aliphatic rings. The number of nitrogens with one attached hydrogen (secondary N) is 2. The van der Waals surface area contributed by atoms with Gasteiger partial charge in [-0.25, -0.2) is 14.6 Å². The average Bonchev–Trinajstić information content (AvgIpc) is 2.68. The van der Waals surface area contributed by atoms with Gasteiger partial charge >= 0.3 is 12.0 Å². The number of amides is 3. The van der Waals surface area contributed by atoms with Crippen LogP contribution in [0.5, 0.6) is 0 Å². The van der Waals surface area contributed by atoms with E-state index in [1.165, 1.54) is 11.3 Å². The van der Waals surface area contributed by atoms with Crippen LogP contribution in [0.25, 0.3) is 0 Å². The molecule has 0 unspecified atom stereocenters. The Bertz CT molecular complexity index is 514. The normalized spacial score (nSPS) is 10.1. The van der Waals surface area contributed by atoms with Crippen LogP contribution in [0.15, 0.2) is 0 Å². The SMILES string of the molecule is CCc1nc(NC(=O)NC(=O)COCC(=O)O)sc1C. The number of rotatable bonds is 6. The quantitative estimate of drug-likeness (QED) is 0.714. The van der Waals surface area contributed by atoms with E-state index in [4.69, 9.17) is 5.11 Å². The molecule has 0 aromatic carbocycles. The van der Waals surface area contributed by atoms with Crippen molar-refractivity contribution in [3.63, 3.8) is 0 Å². The molecule has 110 valence electrons. The second kappa shape index (κ2) is 7.56. The third-order valence-corrected chi connectivity index (χ3v) is 3.09. The fourth-order valence-electron chi connectivity index (χ4n) is 1.33. The van der Waals surface area contributed by atoms with Crippen molar-refractivity contribution >= 4 is 34.4 Å². The number of anilines is 1. The largest absolute Gasteiger partial charge is 0.480 e. The van der Waals surface area contributed by atoms with Crippen molar-refractivity contribution in [2.24, 2.45) is 0 Å². The summed E-state index contributed by atoms with van der Waals surface area (Å²) in [6.45, 7) is 2.75. The van der Waals surface area contributed by atoms with E-state index in [9.17, 15) is 14.4 Å². The van der Waals surface area contributed by atoms with Gasteiger partial charge in [-0.05, 0) is 13.3 Å². The Labute approximate surface area is 119 Å². The predicted molar refractivity (Wildman–Crippen MR) is 71.8 cm³/mol. The lowest BCUT2D eigenvalue weighted by Crippen LogP contribution is -2.37. The first kappa shape index (κ1) is 16.1. The Morgan fingerprint density at radius 2 is 2.05 bits per heavy atom. The van der Waals surface area contributed by atoms with Gasteiger partial charge in [0.05, 0.1) is 5.69 Å². The van der Waals surface area contributed by atoms with Crippen LogP contribution in [-0.4, -0.2) is 41.2 Å². The molecule has 3 N–H and O–H groups in total. The summed E-state index contributed by atoms with van der Waals surface area (Å²) < 4.78 is 4.54. The van der Waals surface area contributed by atoms with Crippen molar-refractivity contribution in [2.75, 3.05) is 18.5 Å². The van der Waals surface area contributed by atoms with E-state index in [-0.39, 0.29) is 0 Å². The maximum atomic E-state index is 11.5. The second-order valence-corrected chi connectivity index (χ2v) is 4.97. The minimum Gasteiger partial charge on any atom is -0.480 e. The van der Waals surface area contributed by atoms with Gasteiger partial charge in [-0.1, -0.05) is 6.92 Å². The van der Waals surface area contributed by atoms with Crippen LogP contribution in [0.4, 0.5) is 9.93 Å². The number of carbonyl (C=O) groups excluding carboxylic acids is 2. The number of carboxylic acids is 1. The van der Waals surface area contributed by atoms with Crippen LogP contribution >= 0.6 is 11.3 Å². The van der Waals surface area contributed by atoms with Gasteiger partial charge < -0.3 is 9.84 Å². The van der Waals surface area contributed by atoms with Crippen LogP contribution in [-0.2, 0) is 20.7 Å². The summed E-state index contributed by atoms with van der Waals surface area (Å²) in [5, 5.41) is 13.2. The summed E-state index contributed by atoms with van der Waals surface area (Å²) >= 11 is 1.31. The lowest BCUT2D eigenvalue weighted by atomic mass is 10.3. The molecule has 1 aromatic rings. The zero-order valence-corrected chi connectivity index (χ0v) is 11.9. The molecule has 0 atom stereocenters. The van der Waals surface area contributed by atoms with Gasteiger partial charge in [0.1, 0.15) is 13.2 Å². The Balaban J connectivity index is 2.39. The summed E-state index contributed by atoms with van der Waals surface area (Å²) in [6.07, 6.45) is 0.758. The number of nitrogens with zero attached hydrogens (tertiary/aromatic N) is 1. The van der Waals surface area contributed by atoms with Crippen molar-refractivity contribution in [2.45, 2.75) is 20.3 Å². The van der Waals surface area contributed by atoms with Crippen LogP contribution in [0.2, 0.25) is 0 Å². The lowest BCUT2D eigenvalue weighted by molar-refractivity contribution is -0.143. The van der Waals surface area contributed by atoms with Crippen LogP contribution < -0.4 is 10.6 Å². The second-order valence-electron chi connectivity index (χ2n) is 3.76. The Hall–Kier alpha value is -2.00. The Morgan fingerprint density at radius 3 is 2.60 bits per heavy atom. The van der Waals surface area contributed by atoms with E-state index < -0.39 is 31.1 Å². The van der Waals surface area contributed by atoms with Crippen molar-refractivity contribution < 1.29 is 24.2 Å². The molecule has 0 saturated heterocycles. The summed E-state index contributed by atoms with van der Waals surface area (Å²) in [5.41, 5.74) is 0.890. The van der Waals surface area contributed by atoms with E-state index >= 15 is 0 Å². The number of imide groups is 1. The monoisotopic (exact) mass is 301 g/mol. The van der Waals surface area contributed by atoms with E-state index in [2.05, 4.69) is 15.0 Å². The maximum absolute atomic E-state index is 11.5. The van der Waals surface area contributed by atoms with Crippen molar-refractivity contribution in [1.29, 1.82) is 0 Å². The van der Waals surface area contributed by atoms with E-state index in [1.807, 2.05) is 19.2 Å². The molecule has 20 heavy (non-hydrogen) atoms. The third-order valence-electron chi connectivity index (χ3n) is 2.16. The molecule has 1 aromatic heterocycles. The summed E-state index contributed by atoms with van der Waals surface area (Å²) in [4.78, 5) is 38.1. The van der Waals surface area contributed by atoms with Gasteiger partial charge in [0.2, 0.25) is 0 Å². The van der Waals surface area contributed by atoms with E-state index in [0.29, 0.717) is 5.13 Å². The number of thiazole rings is 1. The molecule has 0 saturated carbocycles. The van der Waals surface area contributed by atoms with Gasteiger partial charge in [0.15, 0.2) is 5.13 Å². The van der Waals surface area contributed by atoms with Crippen molar-refractivity contribution in [3.8, 4) is 0 Å². The fourth-order valence-corrected chi connectivity index (χ4v) is 2.23. The van der Waals surface area contributed by atoms with Gasteiger partial charge in [-0.15, -0.1) is 11.3 Å². The number of aliphatic carboxylic acids is 1. The summed E-state index contributed by atoms with van der Waals surface area (Å²) in [7, 11) is 0. The number of ether oxygens (including phenoxy) is 1. The van der Waals surface area contributed by atoms with Gasteiger partial charge in [-0.3, -0.25) is 15.4 Å². The molecular formula is C11H15N3O5S. The zero-order valence-electron chi connectivity index (χ0n) is 11.1. The fraction of sp³-hybridized carbons (Fsp3) is 0.455. The minimum absolute atomic E-state index is 0.399. The molecule has 0 radical (unpaired) electrons. The first-order valence-electron chi connectivity index (χ1n) is 5.79. The average molecular weight is 301 g/mol. The first-order valence-corrected chi connectivity index (χ1v) is 6.60. The molecule has 8 nitrogen and oxygen atoms in total. The molecule has 0 spiro atoms. The minimum atomic E-state index is -1.19. The molecule has 0 bridgehead atoms. The van der Waals surface area contributed by atoms with Crippen LogP contribution in [0, 0.1) is 6.92 Å². The highest BCUT2D eigenvalue weighted by atomic mass is 32.1. The van der Waals surface area contributed by atoms with Crippen LogP contribution in [0.1, 0.15) is 17.5 Å². The van der Waals surface area contributed by atoms with Gasteiger partial charge in [0.25, 0.3) is 5.91 Å². The zero-order chi connectivity index (χ0) is 15.1. The molecule has 0 aliphatic heterocycles. The number of carboxylic acid groups (broad SMARTS) is 1. The predicted octanol–water partition coefficient (Wildman–Crippen LogP) is 0.763. The smallest absolute Gasteiger partial charge is 0.329 e. The number of hydrogen-bond donors (Lipinski definition) is 3. The van der Waals surface area contributed by atoms with Crippen molar-refractivity contribution in [3.05, 3.63) is 10.6 Å². The highest BCUT2D eigenvalue weighted by Crippen LogP contribution is 2.21. The first-order chi connectivity index (χ1) is 9.42. The number of urea groups is 1. The molecule has 1 rings (SSSR count). The van der Waals surface area contributed by atoms with Crippen LogP contribution in [0.3, 0.4) is 0 Å². The number of aryl methyl sites for hydroxylation is 2. The van der Waals surface area contributed by atoms with E-state index in [0.717, 1.165) is 17.0 Å². The highest BCUT2D eigenvalue weighted by Gasteiger charge is 2.12. The maximum Gasteiger partial charge on any atom is 0.329 e. The van der Waals surface area contributed by atoms with Gasteiger partial charge in [-0.2, -0.15) is 0 Å². The molecule has 0 fully saturated rings. The molecule has 9 heteroatoms. The number of carbonyl (C=O) groups is 3. The Morgan fingerprint density at radius 1 is 1.35 bits per heavy atom. The number of aromatic nitrogens is 1. The lowest BCUT2D eigenvalue weighted by Gasteiger charge is -2.04. The standard InChI is InChI=1S/C11H15N3O5S/c1-3-7-6(2)20-11(12-7)14-10(18)13-8(15)4-19-5-9(16)17/h3-5H2,1-2H3,(H,16,17)(H2,12,13,14,15,18). The van der Waals surface area contributed by atoms with E-state index in [1.54, 1.807) is 0 Å². The topological polar surface area (TPSA) is 118 Å². The van der Waals surface area contributed by atoms with Crippen molar-refractivity contribution in [1.82, 2.24) is 10.3 Å². The molecule has 1 heterocycles. The highest BCUT2D eigenvalue weighted by molar-refractivity contribution is 7.15. The summed E-state index contributed by atoms with van der Waals surface area (Å²) in [6, 6.07) is -0.731. The summed E-state index contributed by atoms with van der Waals surface area (Å²) in [5.74, 6) is -1.92. The third kappa shape index (κ3) is 5.33. The number of hydrogen-bond acceptors (Lipinski definition) is 6. The molecule has 0 aliphatic carbocycles. The molecule has 3 amide bonds.